The number of hydrogen-bond acceptors (Lipinski definition) is 4. The number of fused-ring (bicyclic) bond motifs is 1. The van der Waals surface area contributed by atoms with Crippen LogP contribution in [0, 0.1) is 0 Å². The molecule has 0 unspecified atom stereocenters. The number of unbranched alkanes of at least 4 members (excludes halogenated alkanes) is 3. The summed E-state index contributed by atoms with van der Waals surface area (Å²) in [7, 11) is 3.38. The fourth-order valence-corrected chi connectivity index (χ4v) is 3.26. The molecule has 0 fully saturated rings. The lowest BCUT2D eigenvalue weighted by molar-refractivity contribution is -0.130. The van der Waals surface area contributed by atoms with Gasteiger partial charge in [0.1, 0.15) is 19.0 Å². The van der Waals surface area contributed by atoms with Crippen LogP contribution < -0.4 is 5.32 Å². The van der Waals surface area contributed by atoms with Gasteiger partial charge in [-0.3, -0.25) is 9.59 Å². The lowest BCUT2D eigenvalue weighted by atomic mass is 10.2. The predicted molar refractivity (Wildman–Crippen MR) is 115 cm³/mol. The zero-order valence-electron chi connectivity index (χ0n) is 17.9. The smallest absolute Gasteiger partial charge is 0.245 e. The van der Waals surface area contributed by atoms with Gasteiger partial charge >= 0.3 is 0 Å². The van der Waals surface area contributed by atoms with Gasteiger partial charge in [0, 0.05) is 33.7 Å². The Kier molecular flexibility index (Phi) is 9.64. The van der Waals surface area contributed by atoms with Gasteiger partial charge in [0.2, 0.25) is 11.8 Å². The number of benzene rings is 1. The number of imidazole rings is 1. The highest BCUT2D eigenvalue weighted by Crippen LogP contribution is 2.18. The lowest BCUT2D eigenvalue weighted by Crippen LogP contribution is -2.31. The highest BCUT2D eigenvalue weighted by molar-refractivity contribution is 5.81. The van der Waals surface area contributed by atoms with Gasteiger partial charge in [-0.1, -0.05) is 31.9 Å². The van der Waals surface area contributed by atoms with Crippen LogP contribution in [0.1, 0.15) is 44.9 Å². The predicted octanol–water partition coefficient (Wildman–Crippen LogP) is 2.77. The summed E-state index contributed by atoms with van der Waals surface area (Å²) < 4.78 is 6.85. The molecule has 1 aromatic heterocycles. The molecule has 0 atom stereocenters. The van der Waals surface area contributed by atoms with Gasteiger partial charge < -0.3 is 19.5 Å². The fraction of sp³-hybridized carbons (Fsp3) is 0.591. The maximum absolute atomic E-state index is 12.7. The first-order chi connectivity index (χ1) is 14.1. The Hall–Kier alpha value is -2.41. The van der Waals surface area contributed by atoms with Crippen molar-refractivity contribution in [3.8, 4) is 0 Å². The van der Waals surface area contributed by atoms with Crippen LogP contribution in [0.5, 0.6) is 0 Å². The highest BCUT2D eigenvalue weighted by atomic mass is 16.5. The third-order valence-corrected chi connectivity index (χ3v) is 4.97. The van der Waals surface area contributed by atoms with E-state index in [1.807, 2.05) is 36.2 Å². The average Bonchev–Trinajstić information content (AvgIpc) is 3.06. The third-order valence-electron chi connectivity index (χ3n) is 4.97. The van der Waals surface area contributed by atoms with Gasteiger partial charge in [-0.15, -0.1) is 0 Å². The molecule has 1 aromatic carbocycles. The second kappa shape index (κ2) is 12.2. The quantitative estimate of drug-likeness (QED) is 0.523. The van der Waals surface area contributed by atoms with Crippen molar-refractivity contribution in [3.05, 3.63) is 30.1 Å². The molecule has 7 heteroatoms. The fourth-order valence-electron chi connectivity index (χ4n) is 3.26. The monoisotopic (exact) mass is 402 g/mol. The molecule has 0 spiro atoms. The molecule has 0 aliphatic carbocycles. The van der Waals surface area contributed by atoms with E-state index in [0.29, 0.717) is 13.1 Å². The van der Waals surface area contributed by atoms with Gasteiger partial charge in [0.05, 0.1) is 11.0 Å². The molecule has 0 bridgehead atoms. The van der Waals surface area contributed by atoms with Crippen molar-refractivity contribution < 1.29 is 14.3 Å². The minimum absolute atomic E-state index is 0.0833. The Morgan fingerprint density at radius 3 is 2.72 bits per heavy atom. The van der Waals surface area contributed by atoms with Crippen LogP contribution in [0.4, 0.5) is 0 Å². The number of ether oxygens (including phenoxy) is 1. The Morgan fingerprint density at radius 2 is 1.97 bits per heavy atom. The molecule has 0 aliphatic rings. The number of carbonyl (C=O) groups excluding carboxylic acids is 2. The van der Waals surface area contributed by atoms with E-state index in [9.17, 15) is 9.59 Å². The lowest BCUT2D eigenvalue weighted by Gasteiger charge is -2.18. The van der Waals surface area contributed by atoms with Crippen LogP contribution in [-0.2, 0) is 27.3 Å². The molecule has 7 nitrogen and oxygen atoms in total. The minimum Gasteiger partial charge on any atom is -0.375 e. The van der Waals surface area contributed by atoms with Crippen molar-refractivity contribution in [2.75, 3.05) is 33.9 Å². The number of aryl methyl sites for hydroxylation is 1. The molecule has 2 aromatic rings. The molecule has 29 heavy (non-hydrogen) atoms. The molecule has 160 valence electrons. The molecule has 1 heterocycles. The van der Waals surface area contributed by atoms with Gasteiger partial charge in [-0.2, -0.15) is 0 Å². The van der Waals surface area contributed by atoms with Crippen LogP contribution >= 0.6 is 0 Å². The molecule has 2 amide bonds. The van der Waals surface area contributed by atoms with E-state index in [4.69, 9.17) is 9.72 Å². The first-order valence-corrected chi connectivity index (χ1v) is 10.5. The maximum Gasteiger partial charge on any atom is 0.245 e. The molecule has 0 radical (unpaired) electrons. The number of nitrogens with one attached hydrogen (secondary N) is 1. The van der Waals surface area contributed by atoms with Gasteiger partial charge in [-0.05, 0) is 31.4 Å². The van der Waals surface area contributed by atoms with Crippen molar-refractivity contribution in [2.45, 2.75) is 52.0 Å². The summed E-state index contributed by atoms with van der Waals surface area (Å²) in [6.07, 6.45) is 5.76. The summed E-state index contributed by atoms with van der Waals surface area (Å²) in [5, 5.41) is 2.84. The van der Waals surface area contributed by atoms with E-state index in [-0.39, 0.29) is 18.4 Å². The summed E-state index contributed by atoms with van der Waals surface area (Å²) in [6, 6.07) is 7.97. The number of aromatic nitrogens is 2. The molecular formula is C22H34N4O3. The minimum atomic E-state index is -0.0833. The zero-order valence-corrected chi connectivity index (χ0v) is 17.9. The SMILES string of the molecule is CCCCN(C)C(=O)Cn1c(CCCCCNC(=O)COC)nc2ccccc21. The Labute approximate surface area is 173 Å². The zero-order chi connectivity index (χ0) is 21.1. The van der Waals surface area contributed by atoms with E-state index >= 15 is 0 Å². The summed E-state index contributed by atoms with van der Waals surface area (Å²) in [6.45, 7) is 3.99. The number of para-hydroxylation sites is 2. The number of hydrogen-bond donors (Lipinski definition) is 1. The van der Waals surface area contributed by atoms with Crippen LogP contribution in [0.25, 0.3) is 11.0 Å². The van der Waals surface area contributed by atoms with Crippen molar-refractivity contribution in [3.63, 3.8) is 0 Å². The van der Waals surface area contributed by atoms with Crippen LogP contribution in [0.2, 0.25) is 0 Å². The Balaban J connectivity index is 1.93. The summed E-state index contributed by atoms with van der Waals surface area (Å²) >= 11 is 0. The number of likely N-dealkylation sites (N-methyl/N-ethyl adjacent to an activating group) is 1. The molecule has 2 rings (SSSR count). The van der Waals surface area contributed by atoms with Crippen LogP contribution in [-0.4, -0.2) is 60.1 Å². The topological polar surface area (TPSA) is 76.5 Å². The summed E-state index contributed by atoms with van der Waals surface area (Å²) in [5.41, 5.74) is 1.94. The Bertz CT molecular complexity index is 787. The summed E-state index contributed by atoms with van der Waals surface area (Å²) in [5.74, 6) is 0.982. The Morgan fingerprint density at radius 1 is 1.17 bits per heavy atom. The largest absolute Gasteiger partial charge is 0.375 e. The number of methoxy groups -OCH3 is 1. The standard InChI is InChI=1S/C22H34N4O3/c1-4-5-15-25(2)22(28)16-26-19-12-9-8-11-18(19)24-20(26)13-7-6-10-14-23-21(27)17-29-3/h8-9,11-12H,4-7,10,13-17H2,1-3H3,(H,23,27). The van der Waals surface area contributed by atoms with E-state index in [1.54, 1.807) is 0 Å². The number of nitrogens with zero attached hydrogens (tertiary/aromatic N) is 3. The van der Waals surface area contributed by atoms with E-state index in [2.05, 4.69) is 16.8 Å². The van der Waals surface area contributed by atoms with Gasteiger partial charge in [0.15, 0.2) is 0 Å². The normalized spacial score (nSPS) is 11.0. The summed E-state index contributed by atoms with van der Waals surface area (Å²) in [4.78, 5) is 30.6. The maximum atomic E-state index is 12.7. The first kappa shape index (κ1) is 22.9. The van der Waals surface area contributed by atoms with E-state index in [1.165, 1.54) is 7.11 Å². The van der Waals surface area contributed by atoms with Crippen LogP contribution in [0.3, 0.4) is 0 Å². The van der Waals surface area contributed by atoms with E-state index < -0.39 is 0 Å². The number of rotatable bonds is 13. The molecule has 0 saturated heterocycles. The molecule has 1 N–H and O–H groups in total. The second-order valence-electron chi connectivity index (χ2n) is 7.37. The average molecular weight is 403 g/mol. The molecule has 0 saturated carbocycles. The van der Waals surface area contributed by atoms with Gasteiger partial charge in [0.25, 0.3) is 0 Å². The van der Waals surface area contributed by atoms with E-state index in [0.717, 1.165) is 61.9 Å². The van der Waals surface area contributed by atoms with Crippen molar-refractivity contribution in [1.29, 1.82) is 0 Å². The van der Waals surface area contributed by atoms with Crippen molar-refractivity contribution >= 4 is 22.8 Å². The number of amides is 2. The molecule has 0 aliphatic heterocycles. The van der Waals surface area contributed by atoms with Crippen LogP contribution in [0.15, 0.2) is 24.3 Å². The van der Waals surface area contributed by atoms with Crippen molar-refractivity contribution in [2.24, 2.45) is 0 Å². The highest BCUT2D eigenvalue weighted by Gasteiger charge is 2.15. The second-order valence-corrected chi connectivity index (χ2v) is 7.37. The first-order valence-electron chi connectivity index (χ1n) is 10.5. The number of carbonyl (C=O) groups is 2. The third kappa shape index (κ3) is 7.16. The molecular weight excluding hydrogens is 368 g/mol. The van der Waals surface area contributed by atoms with Gasteiger partial charge in [-0.25, -0.2) is 4.98 Å². The van der Waals surface area contributed by atoms with Crippen molar-refractivity contribution in [1.82, 2.24) is 19.8 Å².